The molecule has 0 aliphatic rings. The smallest absolute Gasteiger partial charge is 0.312 e. The first-order valence-corrected chi connectivity index (χ1v) is 10.0. The molecule has 0 fully saturated rings. The molecule has 140 valence electrons. The molecular formula is C16H24N2O4S3. The van der Waals surface area contributed by atoms with Crippen LogP contribution in [0.25, 0.3) is 0 Å². The first-order chi connectivity index (χ1) is 11.6. The van der Waals surface area contributed by atoms with Crippen LogP contribution in [0.15, 0.2) is 5.38 Å². The van der Waals surface area contributed by atoms with Gasteiger partial charge in [-0.05, 0) is 58.1 Å². The van der Waals surface area contributed by atoms with Gasteiger partial charge in [0.2, 0.25) is 10.3 Å². The second-order valence-electron chi connectivity index (χ2n) is 6.25. The molecule has 9 heteroatoms. The van der Waals surface area contributed by atoms with Gasteiger partial charge in [0.05, 0.1) is 17.7 Å². The number of hydrogen-bond donors (Lipinski definition) is 1. The molecular weight excluding hydrogens is 380 g/mol. The van der Waals surface area contributed by atoms with Gasteiger partial charge in [0.15, 0.2) is 10.6 Å². The van der Waals surface area contributed by atoms with E-state index in [0.717, 1.165) is 5.69 Å². The van der Waals surface area contributed by atoms with Crippen LogP contribution in [0.1, 0.15) is 46.7 Å². The van der Waals surface area contributed by atoms with E-state index in [2.05, 4.69) is 10.3 Å². The number of amides is 1. The quantitative estimate of drug-likeness (QED) is 0.418. The monoisotopic (exact) mass is 404 g/mol. The second kappa shape index (κ2) is 10.1. The zero-order valence-corrected chi connectivity index (χ0v) is 17.5. The van der Waals surface area contributed by atoms with Crippen LogP contribution in [-0.4, -0.2) is 33.3 Å². The number of carbonyl (C=O) groups excluding carboxylic acids is 2. The predicted octanol–water partition coefficient (Wildman–Crippen LogP) is 4.00. The zero-order valence-electron chi connectivity index (χ0n) is 15.1. The Morgan fingerprint density at radius 3 is 2.68 bits per heavy atom. The largest absolute Gasteiger partial charge is 0.479 e. The van der Waals surface area contributed by atoms with Crippen molar-refractivity contribution in [2.75, 3.05) is 11.9 Å². The van der Waals surface area contributed by atoms with Crippen molar-refractivity contribution < 1.29 is 19.1 Å². The van der Waals surface area contributed by atoms with Crippen LogP contribution in [0.3, 0.4) is 0 Å². The minimum atomic E-state index is -0.592. The molecule has 0 radical (unpaired) electrons. The van der Waals surface area contributed by atoms with Crippen LogP contribution in [0.4, 0.5) is 5.13 Å². The summed E-state index contributed by atoms with van der Waals surface area (Å²) < 4.78 is 11.2. The Morgan fingerprint density at radius 2 is 2.12 bits per heavy atom. The van der Waals surface area contributed by atoms with E-state index in [4.69, 9.17) is 21.7 Å². The lowest BCUT2D eigenvalue weighted by atomic mass is 9.97. The molecule has 25 heavy (non-hydrogen) atoms. The normalized spacial score (nSPS) is 12.4. The van der Waals surface area contributed by atoms with Crippen molar-refractivity contribution in [2.24, 2.45) is 5.41 Å². The van der Waals surface area contributed by atoms with Gasteiger partial charge in [0.1, 0.15) is 0 Å². The van der Waals surface area contributed by atoms with Crippen molar-refractivity contribution in [1.82, 2.24) is 4.98 Å². The number of anilines is 1. The lowest BCUT2D eigenvalue weighted by Gasteiger charge is -2.22. The summed E-state index contributed by atoms with van der Waals surface area (Å²) >= 11 is 7.73. The summed E-state index contributed by atoms with van der Waals surface area (Å²) in [4.78, 5) is 27.6. The third-order valence-corrected chi connectivity index (χ3v) is 4.93. The van der Waals surface area contributed by atoms with E-state index in [1.54, 1.807) is 20.8 Å². The fourth-order valence-electron chi connectivity index (χ4n) is 1.59. The van der Waals surface area contributed by atoms with Gasteiger partial charge in [-0.15, -0.1) is 11.3 Å². The highest BCUT2D eigenvalue weighted by molar-refractivity contribution is 8.22. The fourth-order valence-corrected chi connectivity index (χ4v) is 3.60. The molecule has 0 aliphatic carbocycles. The van der Waals surface area contributed by atoms with E-state index in [1.807, 2.05) is 12.3 Å². The summed E-state index contributed by atoms with van der Waals surface area (Å²) in [6, 6.07) is 0. The molecule has 1 aromatic heterocycles. The van der Waals surface area contributed by atoms with Gasteiger partial charge < -0.3 is 14.8 Å². The Hall–Kier alpha value is -1.19. The van der Waals surface area contributed by atoms with Gasteiger partial charge in [-0.3, -0.25) is 9.59 Å². The maximum atomic E-state index is 12.2. The van der Waals surface area contributed by atoms with E-state index < -0.39 is 10.9 Å². The van der Waals surface area contributed by atoms with Crippen LogP contribution in [0.5, 0.6) is 0 Å². The van der Waals surface area contributed by atoms with Crippen molar-refractivity contribution in [1.29, 1.82) is 0 Å². The number of rotatable bonds is 7. The number of nitrogens with zero attached hydrogens (tertiary/aromatic N) is 1. The van der Waals surface area contributed by atoms with Crippen molar-refractivity contribution in [3.63, 3.8) is 0 Å². The Kier molecular flexibility index (Phi) is 8.81. The van der Waals surface area contributed by atoms with Crippen LogP contribution in [0, 0.1) is 5.41 Å². The standard InChI is InChI=1S/C16H24N2O4S3/c1-6-21-15(23)25-12(22-13(20)16(3,4)5)8-7-11-9-24-14(18-11)17-10(2)19/h9,12H,6-8H2,1-5H3,(H,17,18,19). The van der Waals surface area contributed by atoms with E-state index in [9.17, 15) is 9.59 Å². The molecule has 0 spiro atoms. The number of aryl methyl sites for hydroxylation is 1. The average Bonchev–Trinajstić information content (AvgIpc) is 2.90. The zero-order chi connectivity index (χ0) is 19.0. The molecule has 1 unspecified atom stereocenters. The first-order valence-electron chi connectivity index (χ1n) is 7.88. The molecule has 0 aromatic carbocycles. The van der Waals surface area contributed by atoms with Gasteiger partial charge in [-0.2, -0.15) is 0 Å². The molecule has 1 rings (SSSR count). The van der Waals surface area contributed by atoms with Crippen LogP contribution >= 0.6 is 35.3 Å². The number of thiazole rings is 1. The minimum Gasteiger partial charge on any atom is -0.479 e. The molecule has 1 N–H and O–H groups in total. The highest BCUT2D eigenvalue weighted by Gasteiger charge is 2.27. The molecule has 0 saturated carbocycles. The van der Waals surface area contributed by atoms with Gasteiger partial charge in [0.25, 0.3) is 0 Å². The average molecular weight is 405 g/mol. The lowest BCUT2D eigenvalue weighted by Crippen LogP contribution is -2.28. The first kappa shape index (κ1) is 21.9. The highest BCUT2D eigenvalue weighted by Crippen LogP contribution is 2.26. The van der Waals surface area contributed by atoms with Crippen LogP contribution < -0.4 is 5.32 Å². The minimum absolute atomic E-state index is 0.157. The summed E-state index contributed by atoms with van der Waals surface area (Å²) in [5, 5.41) is 5.08. The van der Waals surface area contributed by atoms with Gasteiger partial charge in [0, 0.05) is 18.7 Å². The molecule has 1 atom stereocenters. The van der Waals surface area contributed by atoms with E-state index in [0.29, 0.717) is 29.0 Å². The Morgan fingerprint density at radius 1 is 1.44 bits per heavy atom. The van der Waals surface area contributed by atoms with E-state index >= 15 is 0 Å². The molecule has 1 heterocycles. The summed E-state index contributed by atoms with van der Waals surface area (Å²) in [6.45, 7) is 9.17. The van der Waals surface area contributed by atoms with Crippen molar-refractivity contribution >= 4 is 56.7 Å². The van der Waals surface area contributed by atoms with Crippen molar-refractivity contribution in [3.8, 4) is 0 Å². The van der Waals surface area contributed by atoms with Crippen LogP contribution in [0.2, 0.25) is 0 Å². The number of aromatic nitrogens is 1. The maximum Gasteiger partial charge on any atom is 0.312 e. The summed E-state index contributed by atoms with van der Waals surface area (Å²) in [7, 11) is 0. The number of thioether (sulfide) groups is 1. The lowest BCUT2D eigenvalue weighted by molar-refractivity contribution is -0.154. The Balaban J connectivity index is 2.68. The Labute approximate surface area is 162 Å². The van der Waals surface area contributed by atoms with Crippen LogP contribution in [-0.2, 0) is 25.5 Å². The van der Waals surface area contributed by atoms with E-state index in [1.165, 1.54) is 30.0 Å². The summed E-state index contributed by atoms with van der Waals surface area (Å²) in [5.41, 5.74) is -0.212. The SMILES string of the molecule is CCOC(=S)SC(CCc1csc(NC(C)=O)n1)OC(=O)C(C)(C)C. The number of esters is 1. The van der Waals surface area contributed by atoms with Crippen molar-refractivity contribution in [2.45, 2.75) is 52.9 Å². The number of thiocarbonyl (C=S) groups is 1. The molecule has 6 nitrogen and oxygen atoms in total. The third kappa shape index (κ3) is 8.64. The fraction of sp³-hybridized carbons (Fsp3) is 0.625. The Bertz CT molecular complexity index is 611. The summed E-state index contributed by atoms with van der Waals surface area (Å²) in [5.74, 6) is -0.447. The van der Waals surface area contributed by atoms with Gasteiger partial charge in [-0.25, -0.2) is 4.98 Å². The summed E-state index contributed by atoms with van der Waals surface area (Å²) in [6.07, 6.45) is 1.14. The number of carbonyl (C=O) groups is 2. The van der Waals surface area contributed by atoms with Gasteiger partial charge in [-0.1, -0.05) is 0 Å². The third-order valence-electron chi connectivity index (χ3n) is 2.81. The number of nitrogens with one attached hydrogen (secondary N) is 1. The molecule has 1 aromatic rings. The molecule has 1 amide bonds. The van der Waals surface area contributed by atoms with Gasteiger partial charge >= 0.3 is 5.97 Å². The second-order valence-corrected chi connectivity index (χ2v) is 8.87. The molecule has 0 aliphatic heterocycles. The number of ether oxygens (including phenoxy) is 2. The molecule has 0 bridgehead atoms. The van der Waals surface area contributed by atoms with E-state index in [-0.39, 0.29) is 11.9 Å². The highest BCUT2D eigenvalue weighted by atomic mass is 32.2. The van der Waals surface area contributed by atoms with Crippen molar-refractivity contribution in [3.05, 3.63) is 11.1 Å². The topological polar surface area (TPSA) is 77.5 Å². The number of hydrogen-bond acceptors (Lipinski definition) is 8. The predicted molar refractivity (Wildman–Crippen MR) is 106 cm³/mol. The molecule has 0 saturated heterocycles. The maximum absolute atomic E-state index is 12.2.